The van der Waals surface area contributed by atoms with Gasteiger partial charge in [0.25, 0.3) is 0 Å². The van der Waals surface area contributed by atoms with Crippen molar-refractivity contribution in [2.75, 3.05) is 6.54 Å². The molecule has 3 heteroatoms. The number of hydrogen-bond acceptors (Lipinski definition) is 1. The Bertz CT molecular complexity index is 380. The molecule has 0 aliphatic heterocycles. The number of rotatable bonds is 4. The van der Waals surface area contributed by atoms with Crippen molar-refractivity contribution in [3.63, 3.8) is 0 Å². The van der Waals surface area contributed by atoms with Gasteiger partial charge in [-0.2, -0.15) is 0 Å². The van der Waals surface area contributed by atoms with Crippen LogP contribution in [0.5, 0.6) is 0 Å². The van der Waals surface area contributed by atoms with Crippen LogP contribution in [0.3, 0.4) is 0 Å². The molecule has 1 aromatic rings. The van der Waals surface area contributed by atoms with E-state index in [0.717, 1.165) is 25.8 Å². The molecule has 0 saturated carbocycles. The molecule has 1 aliphatic carbocycles. The molecular formula is C14H18BrNO. The lowest BCUT2D eigenvalue weighted by Gasteiger charge is -2.12. The Labute approximate surface area is 111 Å². The predicted octanol–water partition coefficient (Wildman–Crippen LogP) is 2.69. The third-order valence-electron chi connectivity index (χ3n) is 3.36. The minimum atomic E-state index is 0.129. The normalized spacial score (nSPS) is 16.6. The van der Waals surface area contributed by atoms with E-state index in [1.54, 1.807) is 0 Å². The van der Waals surface area contributed by atoms with Crippen molar-refractivity contribution < 1.29 is 4.79 Å². The van der Waals surface area contributed by atoms with E-state index in [9.17, 15) is 4.79 Å². The zero-order valence-electron chi connectivity index (χ0n) is 10.1. The lowest BCUT2D eigenvalue weighted by atomic mass is 10.1. The van der Waals surface area contributed by atoms with E-state index in [2.05, 4.69) is 40.3 Å². The standard InChI is InChI=1S/C14H18BrNO/c1-2-13(15)9-16-14(17)12-7-10-5-3-4-6-11(10)8-12/h3-6,12-13H,2,7-9H2,1H3,(H,16,17). The molecule has 1 unspecified atom stereocenters. The average Bonchev–Trinajstić information content (AvgIpc) is 2.79. The molecule has 1 N–H and O–H groups in total. The van der Waals surface area contributed by atoms with Crippen LogP contribution in [0.25, 0.3) is 0 Å². The lowest BCUT2D eigenvalue weighted by Crippen LogP contribution is -2.34. The molecule has 1 atom stereocenters. The van der Waals surface area contributed by atoms with Crippen molar-refractivity contribution in [3.05, 3.63) is 35.4 Å². The summed E-state index contributed by atoms with van der Waals surface area (Å²) in [7, 11) is 0. The molecule has 0 radical (unpaired) electrons. The molecule has 2 nitrogen and oxygen atoms in total. The maximum atomic E-state index is 12.0. The molecule has 17 heavy (non-hydrogen) atoms. The van der Waals surface area contributed by atoms with Crippen molar-refractivity contribution in [2.45, 2.75) is 31.0 Å². The molecule has 92 valence electrons. The highest BCUT2D eigenvalue weighted by molar-refractivity contribution is 9.09. The number of fused-ring (bicyclic) bond motifs is 1. The van der Waals surface area contributed by atoms with Crippen LogP contribution in [0.15, 0.2) is 24.3 Å². The van der Waals surface area contributed by atoms with E-state index >= 15 is 0 Å². The first kappa shape index (κ1) is 12.6. The quantitative estimate of drug-likeness (QED) is 0.850. The minimum absolute atomic E-state index is 0.129. The molecule has 0 bridgehead atoms. The fourth-order valence-electron chi connectivity index (χ4n) is 2.24. The molecule has 2 rings (SSSR count). The Hall–Kier alpha value is -0.830. The summed E-state index contributed by atoms with van der Waals surface area (Å²) in [5.74, 6) is 0.322. The van der Waals surface area contributed by atoms with E-state index < -0.39 is 0 Å². The van der Waals surface area contributed by atoms with Crippen molar-refractivity contribution >= 4 is 21.8 Å². The topological polar surface area (TPSA) is 29.1 Å². The Balaban J connectivity index is 1.88. The second-order valence-corrected chi connectivity index (χ2v) is 5.92. The fourth-order valence-corrected chi connectivity index (χ4v) is 2.41. The van der Waals surface area contributed by atoms with Gasteiger partial charge in [-0.05, 0) is 30.4 Å². The maximum absolute atomic E-state index is 12.0. The molecular weight excluding hydrogens is 278 g/mol. The fraction of sp³-hybridized carbons (Fsp3) is 0.500. The predicted molar refractivity (Wildman–Crippen MR) is 73.4 cm³/mol. The summed E-state index contributed by atoms with van der Waals surface area (Å²) in [6.45, 7) is 2.83. The van der Waals surface area contributed by atoms with E-state index in [1.807, 2.05) is 12.1 Å². The minimum Gasteiger partial charge on any atom is -0.355 e. The van der Waals surface area contributed by atoms with Crippen LogP contribution in [-0.4, -0.2) is 17.3 Å². The molecule has 0 aromatic heterocycles. The summed E-state index contributed by atoms with van der Waals surface area (Å²) in [6, 6.07) is 8.35. The average molecular weight is 296 g/mol. The summed E-state index contributed by atoms with van der Waals surface area (Å²) in [6.07, 6.45) is 2.81. The molecule has 0 spiro atoms. The van der Waals surface area contributed by atoms with Crippen LogP contribution < -0.4 is 5.32 Å². The van der Waals surface area contributed by atoms with Crippen LogP contribution in [-0.2, 0) is 17.6 Å². The Morgan fingerprint density at radius 1 is 1.41 bits per heavy atom. The Kier molecular flexibility index (Phi) is 4.21. The summed E-state index contributed by atoms with van der Waals surface area (Å²) in [4.78, 5) is 12.4. The Morgan fingerprint density at radius 2 is 2.00 bits per heavy atom. The number of hydrogen-bond donors (Lipinski definition) is 1. The third kappa shape index (κ3) is 3.09. The highest BCUT2D eigenvalue weighted by Gasteiger charge is 2.26. The summed E-state index contributed by atoms with van der Waals surface area (Å²) in [5, 5.41) is 3.02. The van der Waals surface area contributed by atoms with Gasteiger partial charge in [-0.1, -0.05) is 47.1 Å². The first-order valence-electron chi connectivity index (χ1n) is 6.19. The third-order valence-corrected chi connectivity index (χ3v) is 4.33. The zero-order valence-corrected chi connectivity index (χ0v) is 11.7. The van der Waals surface area contributed by atoms with Crippen molar-refractivity contribution in [1.82, 2.24) is 5.32 Å². The first-order chi connectivity index (χ1) is 8.20. The summed E-state index contributed by atoms with van der Waals surface area (Å²) < 4.78 is 0. The number of benzene rings is 1. The van der Waals surface area contributed by atoms with Crippen LogP contribution in [0.1, 0.15) is 24.5 Å². The maximum Gasteiger partial charge on any atom is 0.223 e. The molecule has 0 fully saturated rings. The highest BCUT2D eigenvalue weighted by Crippen LogP contribution is 2.26. The van der Waals surface area contributed by atoms with Crippen LogP contribution in [0, 0.1) is 5.92 Å². The van der Waals surface area contributed by atoms with Crippen LogP contribution >= 0.6 is 15.9 Å². The van der Waals surface area contributed by atoms with Gasteiger partial charge in [-0.25, -0.2) is 0 Å². The molecule has 1 amide bonds. The van der Waals surface area contributed by atoms with Gasteiger partial charge < -0.3 is 5.32 Å². The molecule has 0 saturated heterocycles. The SMILES string of the molecule is CCC(Br)CNC(=O)C1Cc2ccccc2C1. The number of nitrogens with one attached hydrogen (secondary N) is 1. The smallest absolute Gasteiger partial charge is 0.223 e. The van der Waals surface area contributed by atoms with Crippen molar-refractivity contribution in [3.8, 4) is 0 Å². The molecule has 0 heterocycles. The number of carbonyl (C=O) groups excluding carboxylic acids is 1. The largest absolute Gasteiger partial charge is 0.355 e. The summed E-state index contributed by atoms with van der Waals surface area (Å²) >= 11 is 3.53. The highest BCUT2D eigenvalue weighted by atomic mass is 79.9. The van der Waals surface area contributed by atoms with Gasteiger partial charge in [-0.15, -0.1) is 0 Å². The van der Waals surface area contributed by atoms with E-state index in [1.165, 1.54) is 11.1 Å². The summed E-state index contributed by atoms with van der Waals surface area (Å²) in [5.41, 5.74) is 2.66. The van der Waals surface area contributed by atoms with E-state index in [-0.39, 0.29) is 11.8 Å². The monoisotopic (exact) mass is 295 g/mol. The van der Waals surface area contributed by atoms with Gasteiger partial charge in [0.2, 0.25) is 5.91 Å². The van der Waals surface area contributed by atoms with E-state index in [4.69, 9.17) is 0 Å². The van der Waals surface area contributed by atoms with Gasteiger partial charge in [0.1, 0.15) is 0 Å². The van der Waals surface area contributed by atoms with Gasteiger partial charge in [0.15, 0.2) is 0 Å². The first-order valence-corrected chi connectivity index (χ1v) is 7.10. The second kappa shape index (κ2) is 5.67. The second-order valence-electron chi connectivity index (χ2n) is 4.62. The van der Waals surface area contributed by atoms with E-state index in [0.29, 0.717) is 4.83 Å². The Morgan fingerprint density at radius 3 is 2.53 bits per heavy atom. The number of alkyl halides is 1. The van der Waals surface area contributed by atoms with Crippen molar-refractivity contribution in [2.24, 2.45) is 5.92 Å². The van der Waals surface area contributed by atoms with Gasteiger partial charge >= 0.3 is 0 Å². The number of amides is 1. The van der Waals surface area contributed by atoms with Crippen molar-refractivity contribution in [1.29, 1.82) is 0 Å². The number of halogens is 1. The van der Waals surface area contributed by atoms with Gasteiger partial charge in [0.05, 0.1) is 0 Å². The van der Waals surface area contributed by atoms with Crippen LogP contribution in [0.4, 0.5) is 0 Å². The van der Waals surface area contributed by atoms with Gasteiger partial charge in [0, 0.05) is 17.3 Å². The lowest BCUT2D eigenvalue weighted by molar-refractivity contribution is -0.124. The molecule has 1 aromatic carbocycles. The number of carbonyl (C=O) groups is 1. The van der Waals surface area contributed by atoms with Crippen LogP contribution in [0.2, 0.25) is 0 Å². The molecule has 1 aliphatic rings. The van der Waals surface area contributed by atoms with Gasteiger partial charge in [-0.3, -0.25) is 4.79 Å². The zero-order chi connectivity index (χ0) is 12.3.